The van der Waals surface area contributed by atoms with Gasteiger partial charge in [0.2, 0.25) is 0 Å². The molecule has 0 aliphatic heterocycles. The van der Waals surface area contributed by atoms with E-state index in [2.05, 4.69) is 22.8 Å². The van der Waals surface area contributed by atoms with Gasteiger partial charge in [0.25, 0.3) is 0 Å². The molecular weight excluding hydrogens is 218 g/mol. The van der Waals surface area contributed by atoms with E-state index >= 15 is 0 Å². The number of aliphatic hydroxyl groups is 1. The highest BCUT2D eigenvalue weighted by atomic mass is 32.1. The van der Waals surface area contributed by atoms with Gasteiger partial charge in [-0.3, -0.25) is 0 Å². The van der Waals surface area contributed by atoms with Gasteiger partial charge in [0.05, 0.1) is 6.10 Å². The second-order valence-electron chi connectivity index (χ2n) is 4.79. The lowest BCUT2D eigenvalue weighted by Gasteiger charge is -2.24. The van der Waals surface area contributed by atoms with Crippen LogP contribution in [0, 0.1) is 5.92 Å². The summed E-state index contributed by atoms with van der Waals surface area (Å²) in [5, 5.41) is 15.0. The van der Waals surface area contributed by atoms with Gasteiger partial charge in [-0.05, 0) is 37.1 Å². The summed E-state index contributed by atoms with van der Waals surface area (Å²) in [7, 11) is 0. The second kappa shape index (κ2) is 5.80. The van der Waals surface area contributed by atoms with Crippen molar-refractivity contribution in [1.82, 2.24) is 5.32 Å². The molecule has 2 nitrogen and oxygen atoms in total. The molecule has 1 aliphatic rings. The van der Waals surface area contributed by atoms with Crippen LogP contribution in [0.4, 0.5) is 0 Å². The number of aliphatic hydroxyl groups excluding tert-OH is 1. The number of hydrogen-bond acceptors (Lipinski definition) is 3. The average molecular weight is 239 g/mol. The Morgan fingerprint density at radius 1 is 1.50 bits per heavy atom. The summed E-state index contributed by atoms with van der Waals surface area (Å²) in [5.74, 6) is 0.761. The van der Waals surface area contributed by atoms with Crippen LogP contribution in [-0.2, 0) is 0 Å². The number of thiophene rings is 1. The van der Waals surface area contributed by atoms with Gasteiger partial charge in [-0.25, -0.2) is 0 Å². The van der Waals surface area contributed by atoms with Crippen molar-refractivity contribution in [3.05, 3.63) is 22.4 Å². The van der Waals surface area contributed by atoms with Crippen molar-refractivity contribution in [2.75, 3.05) is 6.54 Å². The first-order chi connectivity index (χ1) is 7.77. The summed E-state index contributed by atoms with van der Waals surface area (Å²) in [6, 6.07) is 4.78. The first-order valence-electron chi connectivity index (χ1n) is 6.22. The van der Waals surface area contributed by atoms with E-state index in [1.807, 2.05) is 18.3 Å². The normalized spacial score (nSPS) is 21.1. The van der Waals surface area contributed by atoms with E-state index in [9.17, 15) is 5.11 Å². The molecule has 2 unspecified atom stereocenters. The smallest absolute Gasteiger partial charge is 0.0636 e. The van der Waals surface area contributed by atoms with E-state index in [0.717, 1.165) is 5.92 Å². The molecule has 0 saturated heterocycles. The number of rotatable bonds is 5. The molecule has 2 N–H and O–H groups in total. The van der Waals surface area contributed by atoms with Gasteiger partial charge in [0, 0.05) is 17.5 Å². The molecule has 0 aromatic carbocycles. The van der Waals surface area contributed by atoms with Gasteiger partial charge in [0.1, 0.15) is 0 Å². The summed E-state index contributed by atoms with van der Waals surface area (Å²) < 4.78 is 0. The predicted molar refractivity (Wildman–Crippen MR) is 68.7 cm³/mol. The maximum atomic E-state index is 9.38. The van der Waals surface area contributed by atoms with Gasteiger partial charge in [0.15, 0.2) is 0 Å². The van der Waals surface area contributed by atoms with Crippen LogP contribution in [0.5, 0.6) is 0 Å². The molecule has 1 aliphatic carbocycles. The third kappa shape index (κ3) is 3.06. The zero-order chi connectivity index (χ0) is 11.4. The van der Waals surface area contributed by atoms with Crippen molar-refractivity contribution in [2.45, 2.75) is 44.8 Å². The molecule has 1 heterocycles. The van der Waals surface area contributed by atoms with Crippen LogP contribution >= 0.6 is 11.3 Å². The molecule has 0 spiro atoms. The fourth-order valence-corrected chi connectivity index (χ4v) is 3.45. The summed E-state index contributed by atoms with van der Waals surface area (Å²) in [5.41, 5.74) is 0. The Labute approximate surface area is 102 Å². The van der Waals surface area contributed by atoms with Crippen LogP contribution in [0.2, 0.25) is 0 Å². The molecular formula is C13H21NOS. The van der Waals surface area contributed by atoms with E-state index in [-0.39, 0.29) is 6.10 Å². The Morgan fingerprint density at radius 2 is 2.25 bits per heavy atom. The lowest BCUT2D eigenvalue weighted by Crippen LogP contribution is -2.32. The zero-order valence-electron chi connectivity index (χ0n) is 9.86. The van der Waals surface area contributed by atoms with Crippen LogP contribution in [0.3, 0.4) is 0 Å². The third-order valence-corrected chi connectivity index (χ3v) is 4.31. The zero-order valence-corrected chi connectivity index (χ0v) is 10.7. The van der Waals surface area contributed by atoms with Gasteiger partial charge >= 0.3 is 0 Å². The second-order valence-corrected chi connectivity index (χ2v) is 5.77. The summed E-state index contributed by atoms with van der Waals surface area (Å²) >= 11 is 1.83. The maximum absolute atomic E-state index is 9.38. The van der Waals surface area contributed by atoms with Crippen molar-refractivity contribution < 1.29 is 5.11 Å². The van der Waals surface area contributed by atoms with E-state index in [1.165, 1.54) is 30.6 Å². The van der Waals surface area contributed by atoms with Crippen molar-refractivity contribution in [1.29, 1.82) is 0 Å². The van der Waals surface area contributed by atoms with E-state index in [4.69, 9.17) is 0 Å². The lowest BCUT2D eigenvalue weighted by molar-refractivity contribution is 0.180. The Morgan fingerprint density at radius 3 is 2.81 bits per heavy atom. The first-order valence-corrected chi connectivity index (χ1v) is 7.10. The van der Waals surface area contributed by atoms with Crippen molar-refractivity contribution >= 4 is 11.3 Å². The molecule has 2 rings (SSSR count). The Hall–Kier alpha value is -0.380. The molecule has 16 heavy (non-hydrogen) atoms. The van der Waals surface area contributed by atoms with E-state index < -0.39 is 0 Å². The maximum Gasteiger partial charge on any atom is 0.0636 e. The Kier molecular flexibility index (Phi) is 4.38. The number of nitrogens with one attached hydrogen (secondary N) is 1. The largest absolute Gasteiger partial charge is 0.392 e. The molecule has 1 fully saturated rings. The highest BCUT2D eigenvalue weighted by molar-refractivity contribution is 7.10. The van der Waals surface area contributed by atoms with Crippen LogP contribution < -0.4 is 5.32 Å². The fraction of sp³-hybridized carbons (Fsp3) is 0.692. The molecule has 1 aromatic heterocycles. The molecule has 0 bridgehead atoms. The summed E-state index contributed by atoms with van der Waals surface area (Å²) in [4.78, 5) is 1.42. The van der Waals surface area contributed by atoms with Gasteiger partial charge < -0.3 is 10.4 Å². The monoisotopic (exact) mass is 239 g/mol. The van der Waals surface area contributed by atoms with Crippen molar-refractivity contribution in [3.63, 3.8) is 0 Å². The van der Waals surface area contributed by atoms with Crippen LogP contribution in [0.1, 0.15) is 43.5 Å². The van der Waals surface area contributed by atoms with Crippen molar-refractivity contribution in [3.8, 4) is 0 Å². The molecule has 1 saturated carbocycles. The minimum atomic E-state index is -0.260. The molecule has 1 aromatic rings. The molecule has 3 heteroatoms. The quantitative estimate of drug-likeness (QED) is 0.828. The third-order valence-electron chi connectivity index (χ3n) is 3.35. The van der Waals surface area contributed by atoms with Crippen LogP contribution in [-0.4, -0.2) is 17.8 Å². The summed E-state index contributed by atoms with van der Waals surface area (Å²) in [6.45, 7) is 2.53. The standard InChI is InChI=1S/C13H21NOS/c1-10(15)9-14-13(11-5-2-3-6-11)12-7-4-8-16-12/h4,7-8,10-11,13-15H,2-3,5-6,9H2,1H3. The Bertz CT molecular complexity index is 291. The average Bonchev–Trinajstić information content (AvgIpc) is 2.88. The molecule has 90 valence electrons. The van der Waals surface area contributed by atoms with Crippen LogP contribution in [0.25, 0.3) is 0 Å². The highest BCUT2D eigenvalue weighted by Crippen LogP contribution is 2.37. The van der Waals surface area contributed by atoms with Crippen LogP contribution in [0.15, 0.2) is 17.5 Å². The summed E-state index contributed by atoms with van der Waals surface area (Å²) in [6.07, 6.45) is 5.13. The minimum Gasteiger partial charge on any atom is -0.392 e. The Balaban J connectivity index is 2.00. The van der Waals surface area contributed by atoms with Gasteiger partial charge in [-0.15, -0.1) is 11.3 Å². The molecule has 0 radical (unpaired) electrons. The lowest BCUT2D eigenvalue weighted by atomic mass is 9.96. The highest BCUT2D eigenvalue weighted by Gasteiger charge is 2.26. The molecule has 2 atom stereocenters. The van der Waals surface area contributed by atoms with E-state index in [1.54, 1.807) is 0 Å². The predicted octanol–water partition coefficient (Wildman–Crippen LogP) is 2.95. The van der Waals surface area contributed by atoms with Gasteiger partial charge in [-0.2, -0.15) is 0 Å². The topological polar surface area (TPSA) is 32.3 Å². The fourth-order valence-electron chi connectivity index (χ4n) is 2.56. The number of hydrogen-bond donors (Lipinski definition) is 2. The van der Waals surface area contributed by atoms with E-state index in [0.29, 0.717) is 12.6 Å². The van der Waals surface area contributed by atoms with Crippen molar-refractivity contribution in [2.24, 2.45) is 5.92 Å². The molecule has 0 amide bonds. The first kappa shape index (κ1) is 12.1. The SMILES string of the molecule is CC(O)CNC(c1cccs1)C1CCCC1. The minimum absolute atomic E-state index is 0.260. The van der Waals surface area contributed by atoms with Gasteiger partial charge in [-0.1, -0.05) is 18.9 Å².